The summed E-state index contributed by atoms with van der Waals surface area (Å²) in [6.45, 7) is 2.30. The number of hydrogen-bond donors (Lipinski definition) is 1. The molecule has 0 radical (unpaired) electrons. The molecule has 4 rings (SSSR count). The normalized spacial score (nSPS) is 20.5. The second-order valence-electron chi connectivity index (χ2n) is 6.79. The fourth-order valence-electron chi connectivity index (χ4n) is 3.53. The molecule has 0 aliphatic carbocycles. The quantitative estimate of drug-likeness (QED) is 0.752. The van der Waals surface area contributed by atoms with Gasteiger partial charge in [-0.1, -0.05) is 29.8 Å². The van der Waals surface area contributed by atoms with Gasteiger partial charge in [-0.3, -0.25) is 9.88 Å². The van der Waals surface area contributed by atoms with Crippen LogP contribution in [0.15, 0.2) is 61.1 Å². The molecular formula is C20H21ClN4O. The van der Waals surface area contributed by atoms with Gasteiger partial charge in [0.2, 0.25) is 0 Å². The van der Waals surface area contributed by atoms with Gasteiger partial charge in [0.05, 0.1) is 23.0 Å². The van der Waals surface area contributed by atoms with Crippen LogP contribution < -0.4 is 0 Å². The molecule has 1 aromatic carbocycles. The second-order valence-corrected chi connectivity index (χ2v) is 7.20. The summed E-state index contributed by atoms with van der Waals surface area (Å²) < 4.78 is 1.80. The SMILES string of the molecule is O[C@@H]1CN(Cc2cnn(-c3ccccc3Cl)c2)C[C@H]1Cc1ccccn1. The Morgan fingerprint density at radius 3 is 2.77 bits per heavy atom. The van der Waals surface area contributed by atoms with E-state index in [2.05, 4.69) is 15.0 Å². The number of β-amino-alcohol motifs (C(OH)–C–C–N with tert-alkyl or cyclic N) is 1. The van der Waals surface area contributed by atoms with E-state index in [0.717, 1.165) is 36.5 Å². The zero-order valence-corrected chi connectivity index (χ0v) is 15.1. The minimum Gasteiger partial charge on any atom is -0.391 e. The van der Waals surface area contributed by atoms with E-state index < -0.39 is 0 Å². The van der Waals surface area contributed by atoms with Gasteiger partial charge in [-0.05, 0) is 30.7 Å². The highest BCUT2D eigenvalue weighted by Crippen LogP contribution is 2.23. The van der Waals surface area contributed by atoms with E-state index in [1.165, 1.54) is 0 Å². The van der Waals surface area contributed by atoms with Gasteiger partial charge in [0.15, 0.2) is 0 Å². The largest absolute Gasteiger partial charge is 0.391 e. The van der Waals surface area contributed by atoms with E-state index in [1.54, 1.807) is 10.9 Å². The van der Waals surface area contributed by atoms with Crippen LogP contribution in [0.2, 0.25) is 5.02 Å². The second kappa shape index (κ2) is 7.58. The number of nitrogens with zero attached hydrogens (tertiary/aromatic N) is 4. The molecule has 0 amide bonds. The van der Waals surface area contributed by atoms with E-state index in [9.17, 15) is 5.11 Å². The van der Waals surface area contributed by atoms with E-state index in [-0.39, 0.29) is 12.0 Å². The molecule has 5 nitrogen and oxygen atoms in total. The highest BCUT2D eigenvalue weighted by atomic mass is 35.5. The molecule has 1 fully saturated rings. The molecule has 2 atom stereocenters. The fourth-order valence-corrected chi connectivity index (χ4v) is 3.75. The summed E-state index contributed by atoms with van der Waals surface area (Å²) in [4.78, 5) is 6.65. The van der Waals surface area contributed by atoms with Crippen molar-refractivity contribution >= 4 is 11.6 Å². The maximum Gasteiger partial charge on any atom is 0.0831 e. The van der Waals surface area contributed by atoms with Crippen LogP contribution in [0.5, 0.6) is 0 Å². The molecule has 0 unspecified atom stereocenters. The lowest BCUT2D eigenvalue weighted by molar-refractivity contribution is 0.140. The fraction of sp³-hybridized carbons (Fsp3) is 0.300. The Kier molecular flexibility index (Phi) is 5.02. The summed E-state index contributed by atoms with van der Waals surface area (Å²) in [5, 5.41) is 15.5. The van der Waals surface area contributed by atoms with E-state index in [4.69, 9.17) is 11.6 Å². The number of likely N-dealkylation sites (tertiary alicyclic amines) is 1. The van der Waals surface area contributed by atoms with Gasteiger partial charge in [-0.2, -0.15) is 5.10 Å². The van der Waals surface area contributed by atoms with Crippen molar-refractivity contribution in [3.05, 3.63) is 77.3 Å². The van der Waals surface area contributed by atoms with Crippen molar-refractivity contribution in [1.29, 1.82) is 0 Å². The number of benzene rings is 1. The lowest BCUT2D eigenvalue weighted by Crippen LogP contribution is -2.21. The molecule has 0 saturated carbocycles. The Labute approximate surface area is 157 Å². The lowest BCUT2D eigenvalue weighted by atomic mass is 10.00. The number of aliphatic hydroxyl groups is 1. The van der Waals surface area contributed by atoms with Crippen molar-refractivity contribution in [2.75, 3.05) is 13.1 Å². The zero-order valence-electron chi connectivity index (χ0n) is 14.4. The number of hydrogen-bond acceptors (Lipinski definition) is 4. The topological polar surface area (TPSA) is 54.2 Å². The summed E-state index contributed by atoms with van der Waals surface area (Å²) in [6, 6.07) is 13.6. The van der Waals surface area contributed by atoms with Gasteiger partial charge in [0, 0.05) is 49.2 Å². The first-order valence-electron chi connectivity index (χ1n) is 8.78. The van der Waals surface area contributed by atoms with Crippen molar-refractivity contribution in [3.63, 3.8) is 0 Å². The van der Waals surface area contributed by atoms with Crippen molar-refractivity contribution in [2.45, 2.75) is 19.1 Å². The van der Waals surface area contributed by atoms with Gasteiger partial charge in [0.25, 0.3) is 0 Å². The predicted octanol–water partition coefficient (Wildman–Crippen LogP) is 2.96. The molecule has 6 heteroatoms. The minimum atomic E-state index is -0.324. The van der Waals surface area contributed by atoms with E-state index >= 15 is 0 Å². The van der Waals surface area contributed by atoms with Gasteiger partial charge in [-0.25, -0.2) is 4.68 Å². The maximum atomic E-state index is 10.4. The van der Waals surface area contributed by atoms with Crippen LogP contribution >= 0.6 is 11.6 Å². The Bertz CT molecular complexity index is 867. The standard InChI is InChI=1S/C20H21ClN4O/c21-18-6-1-2-7-19(18)25-12-15(10-23-25)11-24-13-16(20(26)14-24)9-17-5-3-4-8-22-17/h1-8,10,12,16,20,26H,9,11,13-14H2/t16-,20-/m1/s1. The summed E-state index contributed by atoms with van der Waals surface area (Å²) in [6.07, 6.45) is 6.15. The molecule has 3 aromatic rings. The van der Waals surface area contributed by atoms with Crippen LogP contribution in [0, 0.1) is 5.92 Å². The third-order valence-corrected chi connectivity index (χ3v) is 5.14. The molecule has 2 aromatic heterocycles. The van der Waals surface area contributed by atoms with Crippen molar-refractivity contribution in [3.8, 4) is 5.69 Å². The van der Waals surface area contributed by atoms with Crippen molar-refractivity contribution < 1.29 is 5.11 Å². The molecule has 0 bridgehead atoms. The van der Waals surface area contributed by atoms with Crippen molar-refractivity contribution in [2.24, 2.45) is 5.92 Å². The average molecular weight is 369 g/mol. The van der Waals surface area contributed by atoms with E-state index in [0.29, 0.717) is 11.6 Å². The number of pyridine rings is 1. The Hall–Kier alpha value is -2.21. The molecule has 26 heavy (non-hydrogen) atoms. The third-order valence-electron chi connectivity index (χ3n) is 4.82. The number of aromatic nitrogens is 3. The van der Waals surface area contributed by atoms with Gasteiger partial charge in [0.1, 0.15) is 0 Å². The third kappa shape index (κ3) is 3.80. The van der Waals surface area contributed by atoms with Gasteiger partial charge < -0.3 is 5.11 Å². The first-order valence-corrected chi connectivity index (χ1v) is 9.15. The molecule has 1 aliphatic rings. The summed E-state index contributed by atoms with van der Waals surface area (Å²) in [7, 11) is 0. The van der Waals surface area contributed by atoms with Crippen LogP contribution in [0.1, 0.15) is 11.3 Å². The molecule has 1 N–H and O–H groups in total. The van der Waals surface area contributed by atoms with Gasteiger partial charge >= 0.3 is 0 Å². The zero-order chi connectivity index (χ0) is 17.9. The molecule has 1 saturated heterocycles. The summed E-state index contributed by atoms with van der Waals surface area (Å²) >= 11 is 6.24. The van der Waals surface area contributed by atoms with Crippen LogP contribution in [0.25, 0.3) is 5.69 Å². The maximum absolute atomic E-state index is 10.4. The summed E-state index contributed by atoms with van der Waals surface area (Å²) in [5.41, 5.74) is 3.01. The number of aliphatic hydroxyl groups excluding tert-OH is 1. The average Bonchev–Trinajstić information content (AvgIpc) is 3.23. The highest BCUT2D eigenvalue weighted by Gasteiger charge is 2.31. The predicted molar refractivity (Wildman–Crippen MR) is 101 cm³/mol. The lowest BCUT2D eigenvalue weighted by Gasteiger charge is -2.14. The molecular weight excluding hydrogens is 348 g/mol. The Balaban J connectivity index is 1.40. The van der Waals surface area contributed by atoms with Gasteiger partial charge in [-0.15, -0.1) is 0 Å². The first-order chi connectivity index (χ1) is 12.7. The number of halogens is 1. The van der Waals surface area contributed by atoms with E-state index in [1.807, 2.05) is 54.9 Å². The molecule has 3 heterocycles. The smallest absolute Gasteiger partial charge is 0.0831 e. The number of para-hydroxylation sites is 1. The van der Waals surface area contributed by atoms with Crippen LogP contribution in [0.4, 0.5) is 0 Å². The van der Waals surface area contributed by atoms with Crippen molar-refractivity contribution in [1.82, 2.24) is 19.7 Å². The van der Waals surface area contributed by atoms with Crippen LogP contribution in [-0.4, -0.2) is 44.0 Å². The monoisotopic (exact) mass is 368 g/mol. The highest BCUT2D eigenvalue weighted by molar-refractivity contribution is 6.32. The first kappa shape index (κ1) is 17.2. The Morgan fingerprint density at radius 2 is 1.96 bits per heavy atom. The number of rotatable bonds is 5. The Morgan fingerprint density at radius 1 is 1.12 bits per heavy atom. The summed E-state index contributed by atoms with van der Waals surface area (Å²) in [5.74, 6) is 0.212. The molecule has 1 aliphatic heterocycles. The minimum absolute atomic E-state index is 0.212. The van der Waals surface area contributed by atoms with Crippen LogP contribution in [-0.2, 0) is 13.0 Å². The molecule has 0 spiro atoms. The van der Waals surface area contributed by atoms with Crippen LogP contribution in [0.3, 0.4) is 0 Å². The molecule has 134 valence electrons.